The van der Waals surface area contributed by atoms with Crippen molar-refractivity contribution in [2.24, 2.45) is 0 Å². The third-order valence-corrected chi connectivity index (χ3v) is 0. The van der Waals surface area contributed by atoms with Gasteiger partial charge in [-0.25, -0.2) is 0 Å². The molecule has 2 heteroatoms. The van der Waals surface area contributed by atoms with E-state index >= 15 is 0 Å². The third-order valence-electron chi connectivity index (χ3n) is 0. The van der Waals surface area contributed by atoms with Crippen molar-refractivity contribution in [3.63, 3.8) is 0 Å². The third kappa shape index (κ3) is 28600. The Morgan fingerprint density at radius 1 is 0.900 bits per heavy atom. The fourth-order valence-corrected chi connectivity index (χ4v) is 0. The minimum atomic E-state index is 1.17. The Hall–Kier alpha value is 0.120. The summed E-state index contributed by atoms with van der Waals surface area (Å²) in [7, 11) is 4.22. The minimum Gasteiger partial charge on any atom is -0.100 e. The second kappa shape index (κ2) is 16.1. The Bertz CT molecular complexity index is 67.3. The molecule has 0 fully saturated rings. The monoisotopic (exact) mass is 179 g/mol. The number of hydrogen-bond acceptors (Lipinski definition) is 0. The van der Waals surface area contributed by atoms with Crippen molar-refractivity contribution in [1.82, 2.24) is 0 Å². The Morgan fingerprint density at radius 2 is 0.900 bits per heavy atom. The Morgan fingerprint density at radius 3 is 0.900 bits per heavy atom. The molecule has 0 aromatic rings. The molecule has 0 aliphatic carbocycles. The number of halogens is 1. The molecule has 0 amide bonds. The Balaban J connectivity index is -0.0000000787. The van der Waals surface area contributed by atoms with Crippen LogP contribution in [0.2, 0.25) is 0 Å². The normalized spacial score (nSPS) is 5.80. The van der Waals surface area contributed by atoms with Gasteiger partial charge in [0.2, 0.25) is 0 Å². The Kier molecular flexibility index (Phi) is 26.7. The maximum atomic E-state index is 4.22. The first kappa shape index (κ1) is 16.6. The molecule has 0 atom stereocenters. The van der Waals surface area contributed by atoms with Gasteiger partial charge >= 0.3 is 0 Å². The van der Waals surface area contributed by atoms with E-state index in [0.29, 0.717) is 0 Å². The first-order valence-corrected chi connectivity index (χ1v) is 4.10. The van der Waals surface area contributed by atoms with Crippen LogP contribution < -0.4 is 0 Å². The van der Waals surface area contributed by atoms with Gasteiger partial charge in [-0.05, 0) is 38.4 Å². The molecule has 0 saturated carbocycles. The summed E-state index contributed by atoms with van der Waals surface area (Å²) in [5.74, 6) is 0. The van der Waals surface area contributed by atoms with E-state index in [1.807, 2.05) is 27.7 Å². The van der Waals surface area contributed by atoms with Crippen molar-refractivity contribution in [2.45, 2.75) is 27.7 Å². The fourth-order valence-electron chi connectivity index (χ4n) is 0. The zero-order valence-electron chi connectivity index (χ0n) is 7.20. The lowest BCUT2D eigenvalue weighted by atomic mass is 10.4. The predicted molar refractivity (Wildman–Crippen MR) is 54.4 cm³/mol. The van der Waals surface area contributed by atoms with Gasteiger partial charge in [-0.15, -0.1) is 13.2 Å². The summed E-state index contributed by atoms with van der Waals surface area (Å²) >= 11 is 3.56. The highest BCUT2D eigenvalue weighted by Crippen LogP contribution is 1.74. The van der Waals surface area contributed by atoms with E-state index in [1.165, 1.54) is 11.1 Å². The highest BCUT2D eigenvalue weighted by Gasteiger charge is 1.52. The summed E-state index contributed by atoms with van der Waals surface area (Å²) in [6.07, 6.45) is 0. The first-order chi connectivity index (χ1) is 4.46. The maximum Gasteiger partial charge on any atom is 0.0305 e. The number of rotatable bonds is 0. The molecule has 0 aliphatic rings. The van der Waals surface area contributed by atoms with Gasteiger partial charge in [-0.2, -0.15) is 0 Å². The van der Waals surface area contributed by atoms with E-state index in [-0.39, 0.29) is 0 Å². The van der Waals surface area contributed by atoms with Crippen LogP contribution in [0.5, 0.6) is 0 Å². The second-order valence-electron chi connectivity index (χ2n) is 2.41. The predicted octanol–water partition coefficient (Wildman–Crippen LogP) is 4.50. The summed E-state index contributed by atoms with van der Waals surface area (Å²) in [5, 5.41) is 0. The summed E-state index contributed by atoms with van der Waals surface area (Å²) in [4.78, 5) is 0. The van der Waals surface area contributed by atoms with E-state index in [0.717, 1.165) is 0 Å². The van der Waals surface area contributed by atoms with E-state index < -0.39 is 0 Å². The van der Waals surface area contributed by atoms with Crippen LogP contribution in [0.4, 0.5) is 0 Å². The van der Waals surface area contributed by atoms with Gasteiger partial charge in [0.15, 0.2) is 0 Å². The van der Waals surface area contributed by atoms with Crippen LogP contribution in [-0.2, 0) is 0 Å². The quantitative estimate of drug-likeness (QED) is 0.481. The van der Waals surface area contributed by atoms with Crippen LogP contribution in [0, 0.1) is 0 Å². The second-order valence-corrected chi connectivity index (χ2v) is 2.41. The smallest absolute Gasteiger partial charge is 0.0305 e. The highest BCUT2D eigenvalue weighted by molar-refractivity contribution is 8.05. The standard InChI is InChI=1S/2C4H8.ClS/c2*1-4(2)3;1-2/h2*1H2,2-3H3;. The largest absolute Gasteiger partial charge is 0.100 e. The summed E-state index contributed by atoms with van der Waals surface area (Å²) in [6, 6.07) is 0. The molecule has 0 heterocycles. The van der Waals surface area contributed by atoms with Crippen LogP contribution in [0.25, 0.3) is 0 Å². The molecule has 0 aliphatic heterocycles. The van der Waals surface area contributed by atoms with Crippen molar-refractivity contribution in [2.75, 3.05) is 0 Å². The molecule has 0 unspecified atom stereocenters. The summed E-state index contributed by atoms with van der Waals surface area (Å²) < 4.78 is 0. The molecule has 0 spiro atoms. The number of hydrogen-bond donors (Lipinski definition) is 0. The lowest BCUT2D eigenvalue weighted by Crippen LogP contribution is -1.43. The van der Waals surface area contributed by atoms with Crippen molar-refractivity contribution < 1.29 is 0 Å². The lowest BCUT2D eigenvalue weighted by Gasteiger charge is -1.65. The average Bonchev–Trinajstić information content (AvgIpc) is 1.66. The van der Waals surface area contributed by atoms with Crippen molar-refractivity contribution in [3.8, 4) is 0 Å². The van der Waals surface area contributed by atoms with E-state index in [2.05, 4.69) is 35.7 Å². The van der Waals surface area contributed by atoms with Crippen LogP contribution in [0.15, 0.2) is 24.3 Å². The molecule has 61 valence electrons. The SMILES string of the molecule is C=C(C)C.C=C(C)C.[S]Cl. The summed E-state index contributed by atoms with van der Waals surface area (Å²) in [5.41, 5.74) is 2.33. The van der Waals surface area contributed by atoms with Gasteiger partial charge in [-0.1, -0.05) is 11.1 Å². The van der Waals surface area contributed by atoms with E-state index in [9.17, 15) is 0 Å². The molecule has 10 heavy (non-hydrogen) atoms. The average molecular weight is 180 g/mol. The van der Waals surface area contributed by atoms with Crippen LogP contribution in [-0.4, -0.2) is 0 Å². The molecule has 1 radical (unpaired) electrons. The zero-order valence-corrected chi connectivity index (χ0v) is 8.77. The molecule has 0 aromatic heterocycles. The van der Waals surface area contributed by atoms with Crippen molar-refractivity contribution in [3.05, 3.63) is 24.3 Å². The Labute approximate surface area is 74.9 Å². The fraction of sp³-hybridized carbons (Fsp3) is 0.500. The van der Waals surface area contributed by atoms with Gasteiger partial charge in [0.25, 0.3) is 0 Å². The van der Waals surface area contributed by atoms with Gasteiger partial charge in [0.1, 0.15) is 0 Å². The van der Waals surface area contributed by atoms with Crippen LogP contribution in [0.1, 0.15) is 27.7 Å². The number of allylic oxidation sites excluding steroid dienone is 2. The highest BCUT2D eigenvalue weighted by atomic mass is 35.7. The van der Waals surface area contributed by atoms with E-state index in [1.54, 1.807) is 0 Å². The molecule has 0 bridgehead atoms. The van der Waals surface area contributed by atoms with Gasteiger partial charge in [0, 0.05) is 11.8 Å². The van der Waals surface area contributed by atoms with E-state index in [4.69, 9.17) is 0 Å². The molecule has 0 N–H and O–H groups in total. The van der Waals surface area contributed by atoms with Crippen LogP contribution in [0.3, 0.4) is 0 Å². The van der Waals surface area contributed by atoms with Crippen molar-refractivity contribution >= 4 is 22.5 Å². The summed E-state index contributed by atoms with van der Waals surface area (Å²) in [6.45, 7) is 15.0. The first-order valence-electron chi connectivity index (χ1n) is 2.86. The topological polar surface area (TPSA) is 0 Å². The van der Waals surface area contributed by atoms with Crippen LogP contribution >= 0.6 is 22.5 Å². The lowest BCUT2D eigenvalue weighted by molar-refractivity contribution is 1.42. The minimum absolute atomic E-state index is 1.17. The zero-order chi connectivity index (χ0) is 9.15. The molecule has 0 saturated heterocycles. The molecular formula is C8H16ClS. The molecule has 0 nitrogen and oxygen atoms in total. The van der Waals surface area contributed by atoms with Gasteiger partial charge in [-0.3, -0.25) is 0 Å². The van der Waals surface area contributed by atoms with Gasteiger partial charge < -0.3 is 0 Å². The maximum absolute atomic E-state index is 4.22. The molecule has 0 rings (SSSR count). The molecule has 0 aromatic carbocycles. The van der Waals surface area contributed by atoms with Crippen molar-refractivity contribution in [1.29, 1.82) is 0 Å². The molecular weight excluding hydrogens is 164 g/mol. The van der Waals surface area contributed by atoms with Gasteiger partial charge in [0.05, 0.1) is 0 Å².